The number of halogens is 1. The summed E-state index contributed by atoms with van der Waals surface area (Å²) in [7, 11) is 0. The molecule has 1 heterocycles. The van der Waals surface area contributed by atoms with E-state index in [0.29, 0.717) is 12.6 Å². The number of nitro benzene ring substituents is 1. The first-order valence-electron chi connectivity index (χ1n) is 6.20. The van der Waals surface area contributed by atoms with Crippen molar-refractivity contribution in [1.82, 2.24) is 5.32 Å². The fraction of sp³-hybridized carbons (Fsp3) is 0.417. The molecule has 0 aliphatic carbocycles. The molecule has 1 aromatic rings. The summed E-state index contributed by atoms with van der Waals surface area (Å²) in [6.45, 7) is 0.431. The number of anilines is 1. The molecule has 0 radical (unpaired) electrons. The minimum absolute atomic E-state index is 0.199. The van der Waals surface area contributed by atoms with Gasteiger partial charge in [-0.05, 0) is 6.07 Å². The van der Waals surface area contributed by atoms with Gasteiger partial charge in [-0.1, -0.05) is 0 Å². The SMILES string of the molecule is Nc1c(C(=O)NCC2CSCCS2)cc(F)cc1[N+](=O)[O-]. The van der Waals surface area contributed by atoms with Gasteiger partial charge in [-0.15, -0.1) is 0 Å². The van der Waals surface area contributed by atoms with Crippen molar-refractivity contribution >= 4 is 40.8 Å². The van der Waals surface area contributed by atoms with E-state index < -0.39 is 22.3 Å². The van der Waals surface area contributed by atoms with Gasteiger partial charge in [-0.2, -0.15) is 23.5 Å². The number of nitrogens with one attached hydrogen (secondary N) is 1. The standard InChI is InChI=1S/C12H14FN3O3S2/c13-7-3-9(11(14)10(4-7)16(18)19)12(17)15-5-8-6-20-1-2-21-8/h3-4,8H,1-2,5-6,14H2,(H,15,17). The maximum atomic E-state index is 13.4. The van der Waals surface area contributed by atoms with E-state index in [1.165, 1.54) is 0 Å². The van der Waals surface area contributed by atoms with Crippen molar-refractivity contribution in [3.8, 4) is 0 Å². The number of nitro groups is 1. The second kappa shape index (κ2) is 6.99. The van der Waals surface area contributed by atoms with Crippen molar-refractivity contribution in [2.24, 2.45) is 0 Å². The van der Waals surface area contributed by atoms with Crippen LogP contribution in [0.3, 0.4) is 0 Å². The van der Waals surface area contributed by atoms with Gasteiger partial charge in [-0.25, -0.2) is 4.39 Å². The van der Waals surface area contributed by atoms with Crippen LogP contribution in [-0.2, 0) is 0 Å². The predicted molar refractivity (Wildman–Crippen MR) is 83.4 cm³/mol. The van der Waals surface area contributed by atoms with Gasteiger partial charge in [0.2, 0.25) is 0 Å². The lowest BCUT2D eigenvalue weighted by molar-refractivity contribution is -0.384. The Balaban J connectivity index is 2.09. The molecule has 114 valence electrons. The zero-order valence-corrected chi connectivity index (χ0v) is 12.6. The number of nitrogens with two attached hydrogens (primary N) is 1. The summed E-state index contributed by atoms with van der Waals surface area (Å²) < 4.78 is 13.4. The Bertz CT molecular complexity index is 565. The van der Waals surface area contributed by atoms with Gasteiger partial charge in [0.1, 0.15) is 11.5 Å². The molecule has 1 aliphatic heterocycles. The molecule has 0 bridgehead atoms. The predicted octanol–water partition coefficient (Wildman–Crippen LogP) is 1.89. The monoisotopic (exact) mass is 331 g/mol. The van der Waals surface area contributed by atoms with Crippen LogP contribution in [0.5, 0.6) is 0 Å². The van der Waals surface area contributed by atoms with Crippen LogP contribution in [0.15, 0.2) is 12.1 Å². The first-order chi connectivity index (χ1) is 9.99. The summed E-state index contributed by atoms with van der Waals surface area (Å²) in [6, 6.07) is 1.63. The Morgan fingerprint density at radius 1 is 1.52 bits per heavy atom. The summed E-state index contributed by atoms with van der Waals surface area (Å²) >= 11 is 3.58. The van der Waals surface area contributed by atoms with Crippen LogP contribution in [0.25, 0.3) is 0 Å². The lowest BCUT2D eigenvalue weighted by atomic mass is 10.1. The topological polar surface area (TPSA) is 98.3 Å². The highest BCUT2D eigenvalue weighted by atomic mass is 32.2. The van der Waals surface area contributed by atoms with Crippen molar-refractivity contribution in [3.05, 3.63) is 33.6 Å². The fourth-order valence-electron chi connectivity index (χ4n) is 1.90. The molecule has 1 amide bonds. The maximum absolute atomic E-state index is 13.4. The van der Waals surface area contributed by atoms with Gasteiger partial charge in [0.15, 0.2) is 0 Å². The smallest absolute Gasteiger partial charge is 0.295 e. The summed E-state index contributed by atoms with van der Waals surface area (Å²) in [5, 5.41) is 13.7. The molecule has 1 fully saturated rings. The van der Waals surface area contributed by atoms with Gasteiger partial charge in [-0.3, -0.25) is 14.9 Å². The molecule has 9 heteroatoms. The third kappa shape index (κ3) is 4.01. The minimum Gasteiger partial charge on any atom is -0.393 e. The molecule has 1 saturated heterocycles. The lowest BCUT2D eigenvalue weighted by Crippen LogP contribution is -2.33. The van der Waals surface area contributed by atoms with E-state index in [2.05, 4.69) is 5.32 Å². The molecule has 1 aliphatic rings. The maximum Gasteiger partial charge on any atom is 0.295 e. The third-order valence-corrected chi connectivity index (χ3v) is 5.78. The van der Waals surface area contributed by atoms with Gasteiger partial charge < -0.3 is 11.1 Å². The number of nitrogens with zero attached hydrogens (tertiary/aromatic N) is 1. The number of nitrogen functional groups attached to an aromatic ring is 1. The lowest BCUT2D eigenvalue weighted by Gasteiger charge is -2.21. The number of benzene rings is 1. The number of amides is 1. The summed E-state index contributed by atoms with van der Waals surface area (Å²) in [5.41, 5.74) is 4.48. The van der Waals surface area contributed by atoms with Crippen LogP contribution in [0.1, 0.15) is 10.4 Å². The quantitative estimate of drug-likeness (QED) is 0.497. The molecule has 6 nitrogen and oxygen atoms in total. The van der Waals surface area contributed by atoms with Crippen molar-refractivity contribution < 1.29 is 14.1 Å². The van der Waals surface area contributed by atoms with Gasteiger partial charge >= 0.3 is 0 Å². The number of rotatable bonds is 4. The Morgan fingerprint density at radius 3 is 2.90 bits per heavy atom. The minimum atomic E-state index is -0.858. The molecule has 1 aromatic carbocycles. The van der Waals surface area contributed by atoms with Crippen LogP contribution >= 0.6 is 23.5 Å². The summed E-state index contributed by atoms with van der Waals surface area (Å²) in [6.07, 6.45) is 0. The molecule has 0 saturated carbocycles. The van der Waals surface area contributed by atoms with Crippen LogP contribution < -0.4 is 11.1 Å². The largest absolute Gasteiger partial charge is 0.393 e. The number of thioether (sulfide) groups is 2. The van der Waals surface area contributed by atoms with E-state index in [4.69, 9.17) is 5.73 Å². The van der Waals surface area contributed by atoms with Crippen molar-refractivity contribution in [1.29, 1.82) is 0 Å². The second-order valence-electron chi connectivity index (χ2n) is 4.42. The van der Waals surface area contributed by atoms with Crippen LogP contribution in [0.2, 0.25) is 0 Å². The molecular weight excluding hydrogens is 317 g/mol. The van der Waals surface area contributed by atoms with Crippen molar-refractivity contribution in [3.63, 3.8) is 0 Å². The van der Waals surface area contributed by atoms with E-state index in [1.54, 1.807) is 11.8 Å². The zero-order chi connectivity index (χ0) is 15.4. The van der Waals surface area contributed by atoms with Crippen molar-refractivity contribution in [2.75, 3.05) is 29.5 Å². The highest BCUT2D eigenvalue weighted by Gasteiger charge is 2.22. The normalized spacial score (nSPS) is 18.2. The Hall–Kier alpha value is -1.48. The average Bonchev–Trinajstić information content (AvgIpc) is 2.47. The summed E-state index contributed by atoms with van der Waals surface area (Å²) in [5.74, 6) is 1.61. The van der Waals surface area contributed by atoms with Crippen LogP contribution in [0.4, 0.5) is 15.8 Å². The Morgan fingerprint density at radius 2 is 2.29 bits per heavy atom. The molecule has 0 aromatic heterocycles. The highest BCUT2D eigenvalue weighted by molar-refractivity contribution is 8.06. The molecule has 1 atom stereocenters. The number of carbonyl (C=O) groups excluding carboxylic acids is 1. The van der Waals surface area contributed by atoms with E-state index in [1.807, 2.05) is 11.8 Å². The zero-order valence-electron chi connectivity index (χ0n) is 11.0. The third-order valence-electron chi connectivity index (χ3n) is 2.94. The highest BCUT2D eigenvalue weighted by Crippen LogP contribution is 2.27. The van der Waals surface area contributed by atoms with Crippen LogP contribution in [-0.4, -0.2) is 39.9 Å². The molecule has 2 rings (SSSR count). The average molecular weight is 331 g/mol. The number of carbonyl (C=O) groups is 1. The summed E-state index contributed by atoms with van der Waals surface area (Å²) in [4.78, 5) is 22.0. The van der Waals surface area contributed by atoms with Crippen LogP contribution in [0, 0.1) is 15.9 Å². The Kier molecular flexibility index (Phi) is 5.29. The Labute approximate surface area is 129 Å². The molecular formula is C12H14FN3O3S2. The number of hydrogen-bond acceptors (Lipinski definition) is 6. The number of hydrogen-bond donors (Lipinski definition) is 2. The first-order valence-corrected chi connectivity index (χ1v) is 8.40. The van der Waals surface area contributed by atoms with Gasteiger partial charge in [0.05, 0.1) is 16.6 Å². The van der Waals surface area contributed by atoms with E-state index in [0.717, 1.165) is 23.3 Å². The molecule has 21 heavy (non-hydrogen) atoms. The molecule has 0 spiro atoms. The van der Waals surface area contributed by atoms with E-state index >= 15 is 0 Å². The molecule has 3 N–H and O–H groups in total. The second-order valence-corrected chi connectivity index (χ2v) is 6.98. The van der Waals surface area contributed by atoms with E-state index in [-0.39, 0.29) is 16.5 Å². The van der Waals surface area contributed by atoms with Crippen molar-refractivity contribution in [2.45, 2.75) is 5.25 Å². The first kappa shape index (κ1) is 15.9. The fourth-order valence-corrected chi connectivity index (χ4v) is 4.51. The van der Waals surface area contributed by atoms with E-state index in [9.17, 15) is 19.3 Å². The van der Waals surface area contributed by atoms with Gasteiger partial charge in [0.25, 0.3) is 11.6 Å². The van der Waals surface area contributed by atoms with Gasteiger partial charge in [0, 0.05) is 29.1 Å². The molecule has 1 unspecified atom stereocenters.